The second kappa shape index (κ2) is 8.04. The third-order valence-corrected chi connectivity index (χ3v) is 7.16. The van der Waals surface area contributed by atoms with Gasteiger partial charge in [0.2, 0.25) is 0 Å². The molecule has 3 atom stereocenters. The van der Waals surface area contributed by atoms with Gasteiger partial charge in [0, 0.05) is 36.4 Å². The van der Waals surface area contributed by atoms with Crippen molar-refractivity contribution in [2.24, 2.45) is 0 Å². The summed E-state index contributed by atoms with van der Waals surface area (Å²) < 4.78 is 16.3. The molecule has 0 saturated carbocycles. The topological polar surface area (TPSA) is 112 Å². The number of hydrogen-bond donors (Lipinski definition) is 2. The quantitative estimate of drug-likeness (QED) is 0.435. The van der Waals surface area contributed by atoms with E-state index in [1.165, 1.54) is 42.1 Å². The number of hydrogen-bond acceptors (Lipinski definition) is 8. The van der Waals surface area contributed by atoms with E-state index >= 15 is 0 Å². The molecule has 2 N–H and O–H groups in total. The van der Waals surface area contributed by atoms with E-state index in [9.17, 15) is 9.65 Å². The Labute approximate surface area is 196 Å². The molecule has 10 heteroatoms. The fraction of sp³-hybridized carbons (Fsp3) is 0.417. The van der Waals surface area contributed by atoms with Crippen molar-refractivity contribution >= 4 is 5.82 Å². The minimum absolute atomic E-state index is 0.00907. The minimum Gasteiger partial charge on any atom is -0.355 e. The van der Waals surface area contributed by atoms with Crippen LogP contribution >= 0.6 is 0 Å². The first-order valence-corrected chi connectivity index (χ1v) is 11.2. The summed E-state index contributed by atoms with van der Waals surface area (Å²) in [5, 5.41) is 30.9. The van der Waals surface area contributed by atoms with Crippen LogP contribution in [0.5, 0.6) is 5.75 Å². The molecule has 5 rings (SSSR count). The van der Waals surface area contributed by atoms with Crippen LogP contribution in [-0.4, -0.2) is 49.2 Å². The molecule has 9 nitrogen and oxygen atoms in total. The van der Waals surface area contributed by atoms with Crippen LogP contribution in [0.2, 0.25) is 0 Å². The molecule has 2 saturated heterocycles. The molecule has 3 aromatic rings. The van der Waals surface area contributed by atoms with Crippen LogP contribution in [0, 0.1) is 17.1 Å². The summed E-state index contributed by atoms with van der Waals surface area (Å²) in [6.45, 7) is 4.57. The third kappa shape index (κ3) is 3.87. The van der Waals surface area contributed by atoms with E-state index in [0.717, 1.165) is 18.7 Å². The molecule has 1 aromatic carbocycles. The molecule has 2 fully saturated rings. The summed E-state index contributed by atoms with van der Waals surface area (Å²) in [7, 11) is 2.03. The van der Waals surface area contributed by atoms with Crippen LogP contribution in [0.15, 0.2) is 36.8 Å². The van der Waals surface area contributed by atoms with E-state index in [1.54, 1.807) is 6.07 Å². The van der Waals surface area contributed by atoms with Crippen molar-refractivity contribution in [1.29, 1.82) is 5.26 Å². The van der Waals surface area contributed by atoms with Gasteiger partial charge in [0.25, 0.3) is 0 Å². The van der Waals surface area contributed by atoms with Gasteiger partial charge in [0.15, 0.2) is 17.3 Å². The summed E-state index contributed by atoms with van der Waals surface area (Å²) in [6, 6.07) is 8.34. The number of nitrogens with one attached hydrogen (secondary N) is 1. The number of piperidine rings is 1. The number of rotatable bonds is 5. The molecule has 34 heavy (non-hydrogen) atoms. The van der Waals surface area contributed by atoms with Crippen molar-refractivity contribution < 1.29 is 14.5 Å². The van der Waals surface area contributed by atoms with Gasteiger partial charge in [-0.25, -0.2) is 14.6 Å². The average Bonchev–Trinajstić information content (AvgIpc) is 3.39. The summed E-state index contributed by atoms with van der Waals surface area (Å²) >= 11 is 0. The Balaban J connectivity index is 1.41. The van der Waals surface area contributed by atoms with Gasteiger partial charge in [-0.1, -0.05) is 0 Å². The number of nitriles is 1. The highest BCUT2D eigenvalue weighted by Crippen LogP contribution is 2.44. The van der Waals surface area contributed by atoms with Gasteiger partial charge in [0.05, 0.1) is 16.9 Å². The van der Waals surface area contributed by atoms with E-state index in [4.69, 9.17) is 5.26 Å². The van der Waals surface area contributed by atoms with Crippen molar-refractivity contribution in [2.75, 3.05) is 11.9 Å². The van der Waals surface area contributed by atoms with E-state index in [2.05, 4.69) is 44.1 Å². The standard InChI is InChI=1S/C24H26FN7O2/c1-23-6-7-24(2,30-23)11-16(10-23)31(3)22-5-4-19(28-29-22)17-8-18(25)20(9-21(17)34-33)32-13-15(12-26)27-14-32/h4-5,8-9,13-14,16,30,33H,6-7,10-11H2,1-3H3/t16-,23-,24+. The van der Waals surface area contributed by atoms with Crippen molar-refractivity contribution in [2.45, 2.75) is 56.7 Å². The Morgan fingerprint density at radius 3 is 2.56 bits per heavy atom. The van der Waals surface area contributed by atoms with E-state index in [-0.39, 0.29) is 33.8 Å². The fourth-order valence-corrected chi connectivity index (χ4v) is 5.47. The SMILES string of the molecule is CN(c1ccc(-c2cc(F)c(-n3cnc(C#N)c3)cc2OO)nn1)[C@H]1C[C@]2(C)CC[C@](C)(C1)N2. The van der Waals surface area contributed by atoms with Crippen molar-refractivity contribution in [3.8, 4) is 28.8 Å². The first-order valence-electron chi connectivity index (χ1n) is 11.2. The van der Waals surface area contributed by atoms with Gasteiger partial charge in [-0.15, -0.1) is 10.2 Å². The van der Waals surface area contributed by atoms with Crippen molar-refractivity contribution in [3.63, 3.8) is 0 Å². The molecule has 2 bridgehead atoms. The maximum Gasteiger partial charge on any atom is 0.176 e. The number of imidazole rings is 1. The van der Waals surface area contributed by atoms with Crippen LogP contribution < -0.4 is 15.1 Å². The number of aromatic nitrogens is 4. The van der Waals surface area contributed by atoms with Crippen LogP contribution in [0.3, 0.4) is 0 Å². The number of fused-ring (bicyclic) bond motifs is 2. The second-order valence-electron chi connectivity index (χ2n) is 9.87. The number of benzene rings is 1. The monoisotopic (exact) mass is 463 g/mol. The molecular formula is C24H26FN7O2. The zero-order valence-corrected chi connectivity index (χ0v) is 19.3. The molecule has 2 aliphatic heterocycles. The molecule has 0 aliphatic carbocycles. The van der Waals surface area contributed by atoms with Gasteiger partial charge in [0.1, 0.15) is 18.2 Å². The minimum atomic E-state index is -0.590. The van der Waals surface area contributed by atoms with Crippen LogP contribution in [0.25, 0.3) is 16.9 Å². The molecule has 0 amide bonds. The molecule has 4 heterocycles. The maximum atomic E-state index is 14.9. The smallest absolute Gasteiger partial charge is 0.176 e. The van der Waals surface area contributed by atoms with Crippen LogP contribution in [-0.2, 0) is 0 Å². The lowest BCUT2D eigenvalue weighted by atomic mass is 9.84. The molecule has 0 unspecified atom stereocenters. The second-order valence-corrected chi connectivity index (χ2v) is 9.87. The number of halogens is 1. The summed E-state index contributed by atoms with van der Waals surface area (Å²) in [5.74, 6) is 0.149. The predicted octanol–water partition coefficient (Wildman–Crippen LogP) is 3.69. The Morgan fingerprint density at radius 2 is 1.97 bits per heavy atom. The molecule has 2 aliphatic rings. The highest BCUT2D eigenvalue weighted by Gasteiger charge is 2.49. The zero-order valence-electron chi connectivity index (χ0n) is 19.3. The highest BCUT2D eigenvalue weighted by molar-refractivity contribution is 5.70. The molecule has 0 radical (unpaired) electrons. The lowest BCUT2D eigenvalue weighted by Crippen LogP contribution is -2.58. The molecular weight excluding hydrogens is 437 g/mol. The summed E-state index contributed by atoms with van der Waals surface area (Å²) in [6.07, 6.45) is 7.09. The lowest BCUT2D eigenvalue weighted by Gasteiger charge is -2.45. The van der Waals surface area contributed by atoms with Gasteiger partial charge in [-0.2, -0.15) is 5.26 Å². The summed E-state index contributed by atoms with van der Waals surface area (Å²) in [5.41, 5.74) is 1.11. The predicted molar refractivity (Wildman–Crippen MR) is 123 cm³/mol. The largest absolute Gasteiger partial charge is 0.355 e. The van der Waals surface area contributed by atoms with E-state index in [0.29, 0.717) is 11.7 Å². The maximum absolute atomic E-state index is 14.9. The Bertz CT molecular complexity index is 1250. The normalized spacial score (nSPS) is 25.7. The van der Waals surface area contributed by atoms with Crippen molar-refractivity contribution in [1.82, 2.24) is 25.1 Å². The van der Waals surface area contributed by atoms with Crippen molar-refractivity contribution in [3.05, 3.63) is 48.3 Å². The zero-order chi connectivity index (χ0) is 24.1. The molecule has 2 aromatic heterocycles. The lowest BCUT2D eigenvalue weighted by molar-refractivity contribution is -0.137. The van der Waals surface area contributed by atoms with E-state index < -0.39 is 5.82 Å². The molecule has 0 spiro atoms. The van der Waals surface area contributed by atoms with Crippen LogP contribution in [0.4, 0.5) is 10.2 Å². The molecule has 176 valence electrons. The fourth-order valence-electron chi connectivity index (χ4n) is 5.47. The number of nitrogens with zero attached hydrogens (tertiary/aromatic N) is 6. The van der Waals surface area contributed by atoms with Gasteiger partial charge < -0.3 is 19.7 Å². The van der Waals surface area contributed by atoms with E-state index in [1.807, 2.05) is 19.2 Å². The van der Waals surface area contributed by atoms with Gasteiger partial charge in [-0.05, 0) is 57.7 Å². The van der Waals surface area contributed by atoms with Crippen LogP contribution in [0.1, 0.15) is 45.2 Å². The van der Waals surface area contributed by atoms with Gasteiger partial charge >= 0.3 is 0 Å². The third-order valence-electron chi connectivity index (χ3n) is 7.16. The Morgan fingerprint density at radius 1 is 1.24 bits per heavy atom. The first-order chi connectivity index (χ1) is 16.2. The average molecular weight is 464 g/mol. The summed E-state index contributed by atoms with van der Waals surface area (Å²) in [4.78, 5) is 10.6. The Hall–Kier alpha value is -3.55. The number of anilines is 1. The highest BCUT2D eigenvalue weighted by atomic mass is 19.1. The Kier molecular flexibility index (Phi) is 5.26. The first kappa shape index (κ1) is 22.3. The van der Waals surface area contributed by atoms with Gasteiger partial charge in [-0.3, -0.25) is 0 Å².